The van der Waals surface area contributed by atoms with Gasteiger partial charge in [-0.25, -0.2) is 14.4 Å². The molecule has 2 aliphatic rings. The number of nitrogen functional groups attached to an aromatic ring is 1. The van der Waals surface area contributed by atoms with Crippen molar-refractivity contribution in [2.24, 2.45) is 0 Å². The first-order chi connectivity index (χ1) is 15.1. The first-order valence-electron chi connectivity index (χ1n) is 10.3. The number of ether oxygens (including phenoxy) is 2. The van der Waals surface area contributed by atoms with Gasteiger partial charge in [0.2, 0.25) is 0 Å². The number of nitrogens with two attached hydrogens (primary N) is 1. The summed E-state index contributed by atoms with van der Waals surface area (Å²) in [5, 5.41) is 13.9. The second kappa shape index (κ2) is 10.5. The third kappa shape index (κ3) is 4.89. The maximum absolute atomic E-state index is 12.8. The number of rotatable bonds is 9. The van der Waals surface area contributed by atoms with Crippen LogP contribution in [-0.2, 0) is 25.5 Å². The second-order valence-electron chi connectivity index (χ2n) is 7.03. The van der Waals surface area contributed by atoms with Crippen LogP contribution in [0.3, 0.4) is 0 Å². The number of carbonyl (C=O) groups is 3. The van der Waals surface area contributed by atoms with Gasteiger partial charge in [0.1, 0.15) is 6.61 Å². The Bertz CT molecular complexity index is 921. The van der Waals surface area contributed by atoms with Crippen molar-refractivity contribution in [2.75, 3.05) is 39.6 Å². The van der Waals surface area contributed by atoms with E-state index in [-0.39, 0.29) is 43.1 Å². The van der Waals surface area contributed by atoms with Gasteiger partial charge in [0.25, 0.3) is 0 Å². The van der Waals surface area contributed by atoms with Crippen LogP contribution in [0.5, 0.6) is 0 Å². The summed E-state index contributed by atoms with van der Waals surface area (Å²) < 4.78 is 10.2. The molecule has 0 heterocycles. The fourth-order valence-corrected chi connectivity index (χ4v) is 3.29. The molecule has 2 rings (SSSR count). The summed E-state index contributed by atoms with van der Waals surface area (Å²) in [5.74, 6) is -2.08. The topological polar surface area (TPSA) is 131 Å². The van der Waals surface area contributed by atoms with Gasteiger partial charge in [0.05, 0.1) is 36.4 Å². The summed E-state index contributed by atoms with van der Waals surface area (Å²) in [4.78, 5) is 41.3. The second-order valence-corrected chi connectivity index (χ2v) is 7.03. The molecule has 2 aliphatic carbocycles. The minimum atomic E-state index is -1.57. The van der Waals surface area contributed by atoms with Crippen molar-refractivity contribution in [1.29, 1.82) is 0 Å². The predicted molar refractivity (Wildman–Crippen MR) is 117 cm³/mol. The van der Waals surface area contributed by atoms with E-state index in [0.29, 0.717) is 16.7 Å². The van der Waals surface area contributed by atoms with E-state index in [0.717, 1.165) is 5.01 Å². The van der Waals surface area contributed by atoms with Gasteiger partial charge < -0.3 is 20.4 Å². The lowest BCUT2D eigenvalue weighted by Crippen LogP contribution is -2.56. The van der Waals surface area contributed by atoms with E-state index in [1.807, 2.05) is 0 Å². The van der Waals surface area contributed by atoms with Gasteiger partial charge in [-0.3, -0.25) is 0 Å². The molecule has 0 bridgehead atoms. The van der Waals surface area contributed by atoms with Gasteiger partial charge in [0.15, 0.2) is 0 Å². The van der Waals surface area contributed by atoms with E-state index >= 15 is 0 Å². The molecule has 174 valence electrons. The number of quaternary nitrogens is 1. The smallest absolute Gasteiger partial charge is 0.370 e. The average Bonchev–Trinajstić information content (AvgIpc) is 2.86. The Balaban J connectivity index is 2.58. The average molecular weight is 447 g/mol. The quantitative estimate of drug-likeness (QED) is 0.350. The molecule has 32 heavy (non-hydrogen) atoms. The van der Waals surface area contributed by atoms with Crippen molar-refractivity contribution < 1.29 is 33.6 Å². The van der Waals surface area contributed by atoms with Crippen LogP contribution in [0.25, 0.3) is 11.1 Å². The van der Waals surface area contributed by atoms with Gasteiger partial charge in [0, 0.05) is 14.1 Å². The van der Waals surface area contributed by atoms with Crippen LogP contribution in [-0.4, -0.2) is 61.7 Å². The van der Waals surface area contributed by atoms with Crippen LogP contribution < -0.4 is 5.73 Å². The lowest BCUT2D eigenvalue weighted by atomic mass is 10.1. The van der Waals surface area contributed by atoms with E-state index in [1.54, 1.807) is 45.0 Å². The number of esters is 2. The number of anilines is 1. The molecule has 0 fully saturated rings. The Morgan fingerprint density at radius 1 is 0.906 bits per heavy atom. The first-order valence-corrected chi connectivity index (χ1v) is 10.3. The Hall–Kier alpha value is -3.05. The Kier molecular flexibility index (Phi) is 8.28. The molecule has 10 nitrogen and oxygen atoms in total. The van der Waals surface area contributed by atoms with Crippen LogP contribution in [0.15, 0.2) is 24.3 Å². The van der Waals surface area contributed by atoms with Crippen LogP contribution in [0, 0.1) is 5.21 Å². The summed E-state index contributed by atoms with van der Waals surface area (Å²) >= 11 is 0. The molecule has 2 N–H and O–H groups in total. The molecular formula is C22H29N3O7. The number of hydroxylamine groups is 2. The van der Waals surface area contributed by atoms with Crippen LogP contribution in [0.4, 0.5) is 5.69 Å². The number of carbonyl (C=O) groups excluding carboxylic acids is 3. The molecule has 0 radical (unpaired) electrons. The summed E-state index contributed by atoms with van der Waals surface area (Å²) in [5.41, 5.74) is 7.45. The third-order valence-corrected chi connectivity index (χ3v) is 4.76. The third-order valence-electron chi connectivity index (χ3n) is 4.76. The Morgan fingerprint density at radius 2 is 1.38 bits per heavy atom. The van der Waals surface area contributed by atoms with Crippen molar-refractivity contribution in [3.63, 3.8) is 0 Å². The lowest BCUT2D eigenvalue weighted by Gasteiger charge is -2.39. The van der Waals surface area contributed by atoms with E-state index in [1.165, 1.54) is 14.1 Å². The molecule has 10 heteroatoms. The fourth-order valence-electron chi connectivity index (χ4n) is 3.29. The van der Waals surface area contributed by atoms with Gasteiger partial charge in [-0.2, -0.15) is 4.84 Å². The maximum Gasteiger partial charge on any atom is 0.370 e. The highest BCUT2D eigenvalue weighted by molar-refractivity contribution is 6.15. The molecule has 1 atom stereocenters. The molecule has 1 amide bonds. The highest BCUT2D eigenvalue weighted by atomic mass is 17.0. The van der Waals surface area contributed by atoms with E-state index in [4.69, 9.17) is 20.0 Å². The highest BCUT2D eigenvalue weighted by Gasteiger charge is 2.34. The van der Waals surface area contributed by atoms with Crippen molar-refractivity contribution in [1.82, 2.24) is 5.01 Å². The zero-order valence-corrected chi connectivity index (χ0v) is 19.0. The molecule has 0 spiro atoms. The van der Waals surface area contributed by atoms with Crippen molar-refractivity contribution in [2.45, 2.75) is 27.2 Å². The maximum atomic E-state index is 12.8. The number of fused-ring (bicyclic) bond motifs is 1. The van der Waals surface area contributed by atoms with E-state index in [9.17, 15) is 19.6 Å². The summed E-state index contributed by atoms with van der Waals surface area (Å²) in [6, 6.07) is 6.31. The van der Waals surface area contributed by atoms with Gasteiger partial charge in [-0.1, -0.05) is 29.2 Å². The Labute approximate surface area is 186 Å². The zero-order chi connectivity index (χ0) is 24.1. The largest absolute Gasteiger partial charge is 0.570 e. The van der Waals surface area contributed by atoms with Gasteiger partial charge in [-0.15, -0.1) is 5.01 Å². The van der Waals surface area contributed by atoms with Crippen molar-refractivity contribution >= 4 is 23.5 Å². The minimum Gasteiger partial charge on any atom is -0.570 e. The normalized spacial score (nSPS) is 13.1. The molecule has 1 unspecified atom stereocenters. The van der Waals surface area contributed by atoms with Gasteiger partial charge >= 0.3 is 17.8 Å². The molecule has 0 saturated heterocycles. The molecule has 0 aromatic rings. The molecule has 0 aromatic heterocycles. The monoisotopic (exact) mass is 447 g/mol. The van der Waals surface area contributed by atoms with Crippen LogP contribution in [0.2, 0.25) is 0 Å². The van der Waals surface area contributed by atoms with E-state index < -0.39 is 22.8 Å². The summed E-state index contributed by atoms with van der Waals surface area (Å²) in [6.45, 7) is 5.25. The molecular weight excluding hydrogens is 418 g/mol. The highest BCUT2D eigenvalue weighted by Crippen LogP contribution is 2.39. The molecule has 0 aliphatic heterocycles. The predicted octanol–water partition coefficient (Wildman–Crippen LogP) is 2.54. The minimum absolute atomic E-state index is 0.0279. The van der Waals surface area contributed by atoms with E-state index in [2.05, 4.69) is 0 Å². The SMILES string of the molecule is CCOC(=O)c1c2ccc(CC(=O)[N+]([O-])(OCC)N(C)C)ccc-2c(C(=O)OCC)c1N. The van der Waals surface area contributed by atoms with Crippen molar-refractivity contribution in [3.05, 3.63) is 46.2 Å². The van der Waals surface area contributed by atoms with Crippen molar-refractivity contribution in [3.8, 4) is 11.1 Å². The zero-order valence-electron chi connectivity index (χ0n) is 19.0. The summed E-state index contributed by atoms with van der Waals surface area (Å²) in [7, 11) is 2.89. The van der Waals surface area contributed by atoms with Crippen LogP contribution >= 0.6 is 0 Å². The molecule has 0 saturated carbocycles. The summed E-state index contributed by atoms with van der Waals surface area (Å²) in [6.07, 6.45) is -0.238. The standard InChI is InChI=1S/C22H29N3O7/c1-6-30-21(27)18-15-11-9-14(13-17(26)25(29,24(4)5)32-8-3)10-12-16(15)19(20(18)23)22(28)31-7-2/h9-12H,6-8,13,23H2,1-5H3. The number of hydrogen-bond donors (Lipinski definition) is 1. The van der Waals surface area contributed by atoms with Crippen LogP contribution in [0.1, 0.15) is 47.1 Å². The number of hydrogen-bond acceptors (Lipinski definition) is 9. The lowest BCUT2D eigenvalue weighted by molar-refractivity contribution is -1.09. The Morgan fingerprint density at radius 3 is 1.75 bits per heavy atom. The first kappa shape index (κ1) is 25.2. The number of nitrogens with zero attached hydrogens (tertiary/aromatic N) is 2. The number of amides is 1. The molecule has 0 aromatic carbocycles. The fraction of sp³-hybridized carbons (Fsp3) is 0.409. The van der Waals surface area contributed by atoms with Gasteiger partial charge in [-0.05, 0) is 37.5 Å².